The summed E-state index contributed by atoms with van der Waals surface area (Å²) >= 11 is 0. The first-order valence-corrected chi connectivity index (χ1v) is 19.1. The summed E-state index contributed by atoms with van der Waals surface area (Å²) in [5.74, 6) is -3.03. The van der Waals surface area contributed by atoms with E-state index in [1.54, 1.807) is 0 Å². The number of nitrogens with zero attached hydrogens (tertiary/aromatic N) is 2. The number of benzene rings is 5. The fourth-order valence-electron chi connectivity index (χ4n) is 6.93. The number of hydrogen-bond donors (Lipinski definition) is 2. The lowest BCUT2D eigenvalue weighted by molar-refractivity contribution is -0.384. The average molecular weight is 744 g/mol. The fourth-order valence-corrected chi connectivity index (χ4v) is 11.3. The monoisotopic (exact) mass is 743 g/mol. The van der Waals surface area contributed by atoms with Gasteiger partial charge in [-0.3, -0.25) is 24.5 Å². The van der Waals surface area contributed by atoms with E-state index in [-0.39, 0.29) is 35.8 Å². The lowest BCUT2D eigenvalue weighted by Crippen LogP contribution is -2.68. The molecule has 11 nitrogen and oxygen atoms in total. The number of ketones is 1. The average Bonchev–Trinajstić information content (AvgIpc) is 3.20. The molecule has 2 N–H and O–H groups in total. The summed E-state index contributed by atoms with van der Waals surface area (Å²) in [7, 11) is 1.51. The Bertz CT molecular complexity index is 2120. The number of ether oxygens (including phenoxy) is 1. The minimum atomic E-state index is -3.33. The Kier molecular flexibility index (Phi) is 11.3. The van der Waals surface area contributed by atoms with Gasteiger partial charge < -0.3 is 20.1 Å². The van der Waals surface area contributed by atoms with Crippen LogP contribution in [0.15, 0.2) is 140 Å². The number of hydrogen-bond acceptors (Lipinski definition) is 8. The zero-order chi connectivity index (χ0) is 38.4. The molecule has 2 amide bonds. The number of nitro groups is 1. The summed E-state index contributed by atoms with van der Waals surface area (Å²) in [4.78, 5) is 67.7. The van der Waals surface area contributed by atoms with E-state index in [0.717, 1.165) is 15.9 Å². The molecular weight excluding hydrogens is 705 g/mol. The van der Waals surface area contributed by atoms with Crippen molar-refractivity contribution in [3.8, 4) is 0 Å². The van der Waals surface area contributed by atoms with Gasteiger partial charge in [-0.25, -0.2) is 4.79 Å². The zero-order valence-electron chi connectivity index (χ0n) is 29.6. The first kappa shape index (κ1) is 37.6. The van der Waals surface area contributed by atoms with Gasteiger partial charge in [-0.1, -0.05) is 103 Å². The number of carbonyl (C=O) groups excluding carboxylic acids is 4. The van der Waals surface area contributed by atoms with Gasteiger partial charge >= 0.3 is 5.97 Å². The number of nitrogens with one attached hydrogen (secondary N) is 1. The highest BCUT2D eigenvalue weighted by Crippen LogP contribution is 2.50. The van der Waals surface area contributed by atoms with Crippen LogP contribution in [0.3, 0.4) is 0 Å². The first-order chi connectivity index (χ1) is 26.1. The van der Waals surface area contributed by atoms with Crippen LogP contribution in [-0.2, 0) is 20.9 Å². The molecule has 54 heavy (non-hydrogen) atoms. The third-order valence-electron chi connectivity index (χ3n) is 9.56. The molecule has 0 bridgehead atoms. The highest BCUT2D eigenvalue weighted by molar-refractivity contribution is 7.96. The normalized spacial score (nSPS) is 15.8. The highest BCUT2D eigenvalue weighted by Gasteiger charge is 2.55. The second-order valence-corrected chi connectivity index (χ2v) is 16.1. The van der Waals surface area contributed by atoms with Crippen molar-refractivity contribution in [3.63, 3.8) is 0 Å². The molecule has 12 heteroatoms. The number of carbonyl (C=O) groups is 4. The van der Waals surface area contributed by atoms with Crippen molar-refractivity contribution >= 4 is 57.5 Å². The quantitative estimate of drug-likeness (QED) is 0.0443. The number of likely N-dealkylation sites (tertiary alicyclic amines) is 1. The van der Waals surface area contributed by atoms with Crippen molar-refractivity contribution in [3.05, 3.63) is 166 Å². The van der Waals surface area contributed by atoms with Gasteiger partial charge in [0, 0.05) is 43.6 Å². The molecule has 0 spiro atoms. The molecule has 1 saturated heterocycles. The predicted octanol–water partition coefficient (Wildman–Crippen LogP) is 4.60. The molecule has 0 unspecified atom stereocenters. The Balaban J connectivity index is 1.58. The number of aliphatic hydroxyl groups excluding tert-OH is 1. The van der Waals surface area contributed by atoms with Crippen LogP contribution in [0.2, 0.25) is 0 Å². The SMILES string of the molecule is CNC(=O)c1ccc(C(=O)C[C@@H]2[C@@H]([C@@H](C)O)C(=O)N2C(C(=O)OCc2ccc([N+](=O)[O-])cc2)=P(c2ccccc2)(c2ccccc2)c2ccccc2)cc1. The number of esters is 1. The Labute approximate surface area is 312 Å². The Hall–Kier alpha value is -6.16. The van der Waals surface area contributed by atoms with Crippen LogP contribution >= 0.6 is 6.89 Å². The van der Waals surface area contributed by atoms with Crippen LogP contribution < -0.4 is 21.2 Å². The largest absolute Gasteiger partial charge is 0.456 e. The molecule has 274 valence electrons. The molecule has 1 heterocycles. The van der Waals surface area contributed by atoms with Gasteiger partial charge in [0.25, 0.3) is 11.6 Å². The number of rotatable bonds is 13. The first-order valence-electron chi connectivity index (χ1n) is 17.3. The standard InChI is InChI=1S/C42H38N3O8P/c1-28(46)38-36(26-37(47)30-20-22-31(23-21-30)39(48)43-2)44(40(38)49)41(42(50)53-27-29-18-24-32(25-19-29)45(51)52)54(33-12-6-3-7-13-33,34-14-8-4-9-15-34)35-16-10-5-11-17-35/h3-25,28,36,38,46H,26-27H2,1-2H3,(H,43,48)/t28-,36-,38-/m1/s1. The zero-order valence-corrected chi connectivity index (χ0v) is 30.5. The molecule has 5 aromatic rings. The van der Waals surface area contributed by atoms with Crippen molar-refractivity contribution in [2.45, 2.75) is 32.1 Å². The summed E-state index contributed by atoms with van der Waals surface area (Å²) in [5, 5.41) is 27.0. The van der Waals surface area contributed by atoms with Crippen LogP contribution in [0.1, 0.15) is 39.6 Å². The van der Waals surface area contributed by atoms with Gasteiger partial charge in [-0.15, -0.1) is 0 Å². The second-order valence-electron chi connectivity index (χ2n) is 12.8. The van der Waals surface area contributed by atoms with E-state index in [1.807, 2.05) is 91.0 Å². The van der Waals surface area contributed by atoms with Crippen LogP contribution in [0.25, 0.3) is 0 Å². The minimum absolute atomic E-state index is 0.0303. The number of nitro benzene ring substituents is 1. The van der Waals surface area contributed by atoms with E-state index in [4.69, 9.17) is 4.74 Å². The lowest BCUT2D eigenvalue weighted by atomic mass is 9.79. The number of Topliss-reactive ketones (excluding diaryl/α,β-unsaturated/α-hetero) is 1. The van der Waals surface area contributed by atoms with E-state index in [0.29, 0.717) is 16.7 Å². The minimum Gasteiger partial charge on any atom is -0.456 e. The van der Waals surface area contributed by atoms with Gasteiger partial charge in [0.15, 0.2) is 5.78 Å². The van der Waals surface area contributed by atoms with Gasteiger partial charge in [0.2, 0.25) is 5.91 Å². The van der Waals surface area contributed by atoms with Gasteiger partial charge in [-0.05, 0) is 52.7 Å². The van der Waals surface area contributed by atoms with Crippen LogP contribution in [0.5, 0.6) is 0 Å². The third-order valence-corrected chi connectivity index (χ3v) is 13.8. The van der Waals surface area contributed by atoms with Crippen molar-refractivity contribution in [1.82, 2.24) is 10.2 Å². The third kappa shape index (κ3) is 7.24. The van der Waals surface area contributed by atoms with Crippen LogP contribution in [0, 0.1) is 16.0 Å². The van der Waals surface area contributed by atoms with E-state index >= 15 is 4.79 Å². The molecular formula is C42H38N3O8P. The number of non-ortho nitro benzene ring substituents is 1. The molecule has 0 radical (unpaired) electrons. The Morgan fingerprint density at radius 1 is 0.796 bits per heavy atom. The molecule has 1 aliphatic rings. The molecule has 1 aliphatic heterocycles. The van der Waals surface area contributed by atoms with Gasteiger partial charge in [-0.2, -0.15) is 0 Å². The summed E-state index contributed by atoms with van der Waals surface area (Å²) in [5.41, 5.74) is 1.06. The summed E-state index contributed by atoms with van der Waals surface area (Å²) in [6.45, 7) is -2.11. The van der Waals surface area contributed by atoms with Crippen molar-refractivity contribution in [2.24, 2.45) is 5.92 Å². The summed E-state index contributed by atoms with van der Waals surface area (Å²) in [6.07, 6.45) is -1.39. The van der Waals surface area contributed by atoms with Crippen molar-refractivity contribution in [2.75, 3.05) is 7.05 Å². The van der Waals surface area contributed by atoms with E-state index in [9.17, 15) is 29.6 Å². The predicted molar refractivity (Wildman–Crippen MR) is 208 cm³/mol. The number of amides is 2. The lowest BCUT2D eigenvalue weighted by Gasteiger charge is -2.50. The van der Waals surface area contributed by atoms with Crippen molar-refractivity contribution < 1.29 is 33.9 Å². The molecule has 5 aromatic carbocycles. The molecule has 3 atom stereocenters. The number of aliphatic hydroxyl groups is 1. The van der Waals surface area contributed by atoms with Gasteiger partial charge in [0.1, 0.15) is 12.0 Å². The fraction of sp³-hybridized carbons (Fsp3) is 0.167. The second kappa shape index (κ2) is 16.2. The van der Waals surface area contributed by atoms with Crippen LogP contribution in [-0.4, -0.2) is 63.1 Å². The smallest absolute Gasteiger partial charge is 0.356 e. The maximum Gasteiger partial charge on any atom is 0.356 e. The maximum absolute atomic E-state index is 15.0. The summed E-state index contributed by atoms with van der Waals surface area (Å²) < 4.78 is 6.05. The molecule has 0 aromatic heterocycles. The van der Waals surface area contributed by atoms with Crippen LogP contribution in [0.4, 0.5) is 5.69 Å². The van der Waals surface area contributed by atoms with Crippen molar-refractivity contribution in [1.29, 1.82) is 0 Å². The highest BCUT2D eigenvalue weighted by atomic mass is 31.2. The van der Waals surface area contributed by atoms with Gasteiger partial charge in [0.05, 0.1) is 23.0 Å². The Morgan fingerprint density at radius 2 is 1.28 bits per heavy atom. The Morgan fingerprint density at radius 3 is 1.72 bits per heavy atom. The topological polar surface area (TPSA) is 156 Å². The summed E-state index contributed by atoms with van der Waals surface area (Å²) in [6, 6.07) is 39.0. The van der Waals surface area contributed by atoms with E-state index in [2.05, 4.69) is 5.32 Å². The molecule has 6 rings (SSSR count). The van der Waals surface area contributed by atoms with E-state index in [1.165, 1.54) is 67.4 Å². The maximum atomic E-state index is 15.0. The molecule has 0 saturated carbocycles. The number of β-lactam (4-membered cyclic amide) rings is 1. The van der Waals surface area contributed by atoms with E-state index < -0.39 is 41.7 Å². The molecule has 0 aliphatic carbocycles. The molecule has 1 fully saturated rings.